The standard InChI is InChI=1S/C11H11F7N2O2S/c12-9(13)23(22)4-3-20-5-1-2-10(14,15)8(21)6(5)7(19-20)11(16,17)18/h8-9,21H,1-4H2. The minimum Gasteiger partial charge on any atom is -0.382 e. The SMILES string of the molecule is O=S(CCn1nc(C(F)(F)F)c2c1CCC(F)(F)C2O)C(F)F. The lowest BCUT2D eigenvalue weighted by atomic mass is 9.89. The van der Waals surface area contributed by atoms with Crippen molar-refractivity contribution >= 4 is 10.8 Å². The first kappa shape index (κ1) is 18.2. The summed E-state index contributed by atoms with van der Waals surface area (Å²) in [5, 5.41) is 12.7. The summed E-state index contributed by atoms with van der Waals surface area (Å²) >= 11 is 0. The Labute approximate surface area is 127 Å². The van der Waals surface area contributed by atoms with Gasteiger partial charge in [-0.25, -0.2) is 8.78 Å². The Morgan fingerprint density at radius 2 is 2.00 bits per heavy atom. The number of aryl methyl sites for hydroxylation is 1. The molecule has 12 heteroatoms. The first-order chi connectivity index (χ1) is 10.4. The van der Waals surface area contributed by atoms with Gasteiger partial charge in [0.05, 0.1) is 17.3 Å². The van der Waals surface area contributed by atoms with Crippen LogP contribution in [0.4, 0.5) is 30.7 Å². The second kappa shape index (κ2) is 6.04. The van der Waals surface area contributed by atoms with Crippen LogP contribution in [0.25, 0.3) is 0 Å². The molecule has 0 aromatic carbocycles. The van der Waals surface area contributed by atoms with E-state index in [0.29, 0.717) is 4.68 Å². The van der Waals surface area contributed by atoms with E-state index in [1.807, 2.05) is 0 Å². The first-order valence-electron chi connectivity index (χ1n) is 6.33. The number of fused-ring (bicyclic) bond motifs is 1. The summed E-state index contributed by atoms with van der Waals surface area (Å²) in [6.07, 6.45) is -9.19. The van der Waals surface area contributed by atoms with Gasteiger partial charge < -0.3 is 5.11 Å². The van der Waals surface area contributed by atoms with Crippen LogP contribution in [0, 0.1) is 0 Å². The summed E-state index contributed by atoms with van der Waals surface area (Å²) in [4.78, 5) is 0. The van der Waals surface area contributed by atoms with Crippen molar-refractivity contribution in [3.8, 4) is 0 Å². The molecule has 1 heterocycles. The second-order valence-corrected chi connectivity index (χ2v) is 6.47. The minimum atomic E-state index is -5.09. The lowest BCUT2D eigenvalue weighted by Crippen LogP contribution is -2.33. The Morgan fingerprint density at radius 1 is 1.39 bits per heavy atom. The van der Waals surface area contributed by atoms with Gasteiger partial charge >= 0.3 is 11.9 Å². The van der Waals surface area contributed by atoms with E-state index < -0.39 is 71.2 Å². The van der Waals surface area contributed by atoms with Gasteiger partial charge in [-0.3, -0.25) is 8.89 Å². The molecular formula is C11H11F7N2O2S. The smallest absolute Gasteiger partial charge is 0.382 e. The molecule has 0 bridgehead atoms. The summed E-state index contributed by atoms with van der Waals surface area (Å²) in [5.74, 6) is -7.60. The Bertz CT molecular complexity index is 614. The van der Waals surface area contributed by atoms with E-state index in [2.05, 4.69) is 5.10 Å². The van der Waals surface area contributed by atoms with Crippen LogP contribution in [0.15, 0.2) is 0 Å². The fourth-order valence-corrected chi connectivity index (χ4v) is 2.89. The van der Waals surface area contributed by atoms with Gasteiger partial charge in [0, 0.05) is 23.4 Å². The maximum atomic E-state index is 13.5. The molecule has 0 amide bonds. The number of nitrogens with zero attached hydrogens (tertiary/aromatic N) is 2. The Kier molecular flexibility index (Phi) is 4.77. The molecule has 1 aromatic heterocycles. The van der Waals surface area contributed by atoms with Crippen molar-refractivity contribution in [2.75, 3.05) is 5.75 Å². The fourth-order valence-electron chi connectivity index (χ4n) is 2.35. The van der Waals surface area contributed by atoms with Gasteiger partial charge in [-0.15, -0.1) is 0 Å². The van der Waals surface area contributed by atoms with E-state index in [4.69, 9.17) is 0 Å². The molecule has 23 heavy (non-hydrogen) atoms. The van der Waals surface area contributed by atoms with Crippen LogP contribution >= 0.6 is 0 Å². The average Bonchev–Trinajstić information content (AvgIpc) is 2.79. The molecule has 0 spiro atoms. The Morgan fingerprint density at radius 3 is 2.52 bits per heavy atom. The van der Waals surface area contributed by atoms with E-state index in [9.17, 15) is 40.0 Å². The third-order valence-corrected chi connectivity index (χ3v) is 4.42. The van der Waals surface area contributed by atoms with Gasteiger partial charge in [-0.05, 0) is 6.42 Å². The second-order valence-electron chi connectivity index (χ2n) is 4.94. The van der Waals surface area contributed by atoms with Crippen LogP contribution in [0.2, 0.25) is 0 Å². The summed E-state index contributed by atoms with van der Waals surface area (Å²) in [5.41, 5.74) is -3.03. The highest BCUT2D eigenvalue weighted by Gasteiger charge is 2.51. The lowest BCUT2D eigenvalue weighted by molar-refractivity contribution is -0.150. The largest absolute Gasteiger partial charge is 0.435 e. The number of rotatable bonds is 4. The van der Waals surface area contributed by atoms with Gasteiger partial charge in [0.25, 0.3) is 5.92 Å². The summed E-state index contributed by atoms with van der Waals surface area (Å²) in [6, 6.07) is 0. The number of aliphatic hydroxyl groups excluding tert-OH is 1. The lowest BCUT2D eigenvalue weighted by Gasteiger charge is -2.28. The van der Waals surface area contributed by atoms with Crippen molar-refractivity contribution in [2.24, 2.45) is 0 Å². The van der Waals surface area contributed by atoms with Crippen molar-refractivity contribution in [1.29, 1.82) is 0 Å². The zero-order valence-electron chi connectivity index (χ0n) is 11.3. The third-order valence-electron chi connectivity index (χ3n) is 3.44. The predicted molar refractivity (Wildman–Crippen MR) is 64.5 cm³/mol. The van der Waals surface area contributed by atoms with Gasteiger partial charge in [0.1, 0.15) is 6.10 Å². The average molecular weight is 368 g/mol. The number of alkyl halides is 7. The fraction of sp³-hybridized carbons (Fsp3) is 0.727. The monoisotopic (exact) mass is 368 g/mol. The molecule has 1 aliphatic rings. The number of aliphatic hydroxyl groups is 1. The van der Waals surface area contributed by atoms with E-state index in [0.717, 1.165) is 0 Å². The van der Waals surface area contributed by atoms with Crippen LogP contribution in [-0.2, 0) is 29.9 Å². The van der Waals surface area contributed by atoms with E-state index in [-0.39, 0.29) is 5.69 Å². The normalized spacial score (nSPS) is 22.2. The zero-order valence-corrected chi connectivity index (χ0v) is 12.1. The van der Waals surface area contributed by atoms with Crippen LogP contribution in [0.1, 0.15) is 29.5 Å². The molecule has 0 radical (unpaired) electrons. The third kappa shape index (κ3) is 3.52. The molecule has 0 saturated carbocycles. The maximum Gasteiger partial charge on any atom is 0.435 e. The Balaban J connectivity index is 2.41. The van der Waals surface area contributed by atoms with Crippen LogP contribution in [-0.4, -0.2) is 36.5 Å². The van der Waals surface area contributed by atoms with Crippen LogP contribution < -0.4 is 0 Å². The predicted octanol–water partition coefficient (Wildman–Crippen LogP) is 2.49. The van der Waals surface area contributed by atoms with Crippen LogP contribution in [0.5, 0.6) is 0 Å². The molecule has 0 saturated heterocycles. The first-order valence-corrected chi connectivity index (χ1v) is 7.71. The van der Waals surface area contributed by atoms with E-state index >= 15 is 0 Å². The zero-order chi connectivity index (χ0) is 17.6. The highest BCUT2D eigenvalue weighted by Crippen LogP contribution is 2.46. The Hall–Kier alpha value is -1.17. The molecule has 1 aliphatic carbocycles. The summed E-state index contributed by atoms with van der Waals surface area (Å²) < 4.78 is 102. The van der Waals surface area contributed by atoms with Crippen molar-refractivity contribution in [2.45, 2.75) is 43.3 Å². The van der Waals surface area contributed by atoms with E-state index in [1.54, 1.807) is 0 Å². The molecule has 2 unspecified atom stereocenters. The quantitative estimate of drug-likeness (QED) is 0.831. The number of hydrogen-bond donors (Lipinski definition) is 1. The minimum absolute atomic E-state index is 0.304. The van der Waals surface area contributed by atoms with E-state index in [1.165, 1.54) is 0 Å². The van der Waals surface area contributed by atoms with Crippen molar-refractivity contribution < 1.29 is 40.0 Å². The highest BCUT2D eigenvalue weighted by molar-refractivity contribution is 7.85. The van der Waals surface area contributed by atoms with Gasteiger partial charge in [0.15, 0.2) is 5.69 Å². The van der Waals surface area contributed by atoms with Crippen LogP contribution in [0.3, 0.4) is 0 Å². The molecule has 1 aromatic rings. The molecule has 0 aliphatic heterocycles. The molecular weight excluding hydrogens is 357 g/mol. The number of aromatic nitrogens is 2. The summed E-state index contributed by atoms with van der Waals surface area (Å²) in [6.45, 7) is -0.562. The maximum absolute atomic E-state index is 13.5. The molecule has 2 rings (SSSR count). The molecule has 1 N–H and O–H groups in total. The molecule has 2 atom stereocenters. The van der Waals surface area contributed by atoms with Gasteiger partial charge in [0.2, 0.25) is 0 Å². The summed E-state index contributed by atoms with van der Waals surface area (Å²) in [7, 11) is -2.60. The van der Waals surface area contributed by atoms with Crippen molar-refractivity contribution in [3.63, 3.8) is 0 Å². The van der Waals surface area contributed by atoms with Crippen molar-refractivity contribution in [3.05, 3.63) is 17.0 Å². The molecule has 0 fully saturated rings. The van der Waals surface area contributed by atoms with Gasteiger partial charge in [-0.2, -0.15) is 27.1 Å². The van der Waals surface area contributed by atoms with Gasteiger partial charge in [-0.1, -0.05) is 0 Å². The topological polar surface area (TPSA) is 55.1 Å². The number of halogens is 7. The molecule has 4 nitrogen and oxygen atoms in total. The highest BCUT2D eigenvalue weighted by atomic mass is 32.2. The van der Waals surface area contributed by atoms with Crippen molar-refractivity contribution in [1.82, 2.24) is 9.78 Å². The number of hydrogen-bond acceptors (Lipinski definition) is 3. The molecule has 132 valence electrons.